The molecule has 5 nitrogen and oxygen atoms in total. The smallest absolute Gasteiger partial charge is 0.312 e. The summed E-state index contributed by atoms with van der Waals surface area (Å²) in [7, 11) is 1.96. The lowest BCUT2D eigenvalue weighted by atomic mass is 10.0. The van der Waals surface area contributed by atoms with E-state index < -0.39 is 0 Å². The summed E-state index contributed by atoms with van der Waals surface area (Å²) in [6, 6.07) is 8.59. The van der Waals surface area contributed by atoms with Gasteiger partial charge < -0.3 is 5.32 Å². The molecule has 1 unspecified atom stereocenters. The average Bonchev–Trinajstić information content (AvgIpc) is 2.83. The molecule has 1 heterocycles. The molecule has 0 radical (unpaired) electrons. The third-order valence-electron chi connectivity index (χ3n) is 3.46. The number of nitrogens with zero attached hydrogens (tertiary/aromatic N) is 2. The Balaban J connectivity index is 2.11. The largest absolute Gasteiger partial charge is 0.343 e. The number of thioether (sulfide) groups is 1. The van der Waals surface area contributed by atoms with Crippen molar-refractivity contribution in [3.05, 3.63) is 45.9 Å². The van der Waals surface area contributed by atoms with Gasteiger partial charge in [0, 0.05) is 18.3 Å². The first-order valence-electron chi connectivity index (χ1n) is 7.18. The van der Waals surface area contributed by atoms with Gasteiger partial charge in [0.15, 0.2) is 5.16 Å². The highest BCUT2D eigenvalue weighted by Crippen LogP contribution is 2.24. The summed E-state index contributed by atoms with van der Waals surface area (Å²) in [6.07, 6.45) is 0.917. The zero-order chi connectivity index (χ0) is 15.2. The van der Waals surface area contributed by atoms with Crippen molar-refractivity contribution in [3.63, 3.8) is 0 Å². The van der Waals surface area contributed by atoms with Crippen LogP contribution in [0.2, 0.25) is 0 Å². The van der Waals surface area contributed by atoms with Crippen molar-refractivity contribution in [3.8, 4) is 0 Å². The van der Waals surface area contributed by atoms with Gasteiger partial charge in [0.1, 0.15) is 0 Å². The van der Waals surface area contributed by atoms with E-state index in [2.05, 4.69) is 47.6 Å². The lowest BCUT2D eigenvalue weighted by Crippen LogP contribution is -2.21. The minimum atomic E-state index is -0.128. The minimum absolute atomic E-state index is 0.128. The monoisotopic (exact) mass is 306 g/mol. The van der Waals surface area contributed by atoms with Crippen molar-refractivity contribution in [2.45, 2.75) is 38.0 Å². The van der Waals surface area contributed by atoms with Crippen LogP contribution in [-0.2, 0) is 6.54 Å². The number of H-pyrrole nitrogens is 1. The molecule has 0 fully saturated rings. The van der Waals surface area contributed by atoms with Crippen molar-refractivity contribution in [2.24, 2.45) is 0 Å². The molecule has 114 valence electrons. The topological polar surface area (TPSA) is 62.7 Å². The Hall–Kier alpha value is -1.53. The molecule has 0 saturated heterocycles. The Labute approximate surface area is 129 Å². The Bertz CT molecular complexity index is 635. The van der Waals surface area contributed by atoms with Gasteiger partial charge in [0.05, 0.1) is 0 Å². The van der Waals surface area contributed by atoms with Crippen molar-refractivity contribution >= 4 is 11.8 Å². The summed E-state index contributed by atoms with van der Waals surface area (Å²) < 4.78 is 1.70. The van der Waals surface area contributed by atoms with Crippen molar-refractivity contribution in [1.29, 1.82) is 0 Å². The van der Waals surface area contributed by atoms with Crippen molar-refractivity contribution in [2.75, 3.05) is 12.8 Å². The van der Waals surface area contributed by atoms with Crippen molar-refractivity contribution in [1.82, 2.24) is 20.1 Å². The van der Waals surface area contributed by atoms with Gasteiger partial charge in [-0.05, 0) is 31.5 Å². The van der Waals surface area contributed by atoms with Gasteiger partial charge in [-0.3, -0.25) is 4.57 Å². The van der Waals surface area contributed by atoms with Gasteiger partial charge in [-0.2, -0.15) is 0 Å². The number of aromatic amines is 1. The zero-order valence-corrected chi connectivity index (χ0v) is 13.5. The molecule has 1 aromatic carbocycles. The first-order valence-corrected chi connectivity index (χ1v) is 8.16. The Morgan fingerprint density at radius 2 is 2.19 bits per heavy atom. The van der Waals surface area contributed by atoms with Gasteiger partial charge in [-0.25, -0.2) is 9.89 Å². The average molecular weight is 306 g/mol. The third-order valence-corrected chi connectivity index (χ3v) is 4.53. The molecule has 2 aromatic rings. The zero-order valence-electron chi connectivity index (χ0n) is 12.7. The highest BCUT2D eigenvalue weighted by molar-refractivity contribution is 7.99. The van der Waals surface area contributed by atoms with Gasteiger partial charge in [0.2, 0.25) is 0 Å². The third kappa shape index (κ3) is 3.77. The summed E-state index contributed by atoms with van der Waals surface area (Å²) in [5.74, 6) is 0.829. The van der Waals surface area contributed by atoms with Crippen LogP contribution in [0.4, 0.5) is 0 Å². The molecule has 1 aromatic heterocycles. The fraction of sp³-hybridized carbons (Fsp3) is 0.467. The molecule has 0 amide bonds. The van der Waals surface area contributed by atoms with Crippen LogP contribution < -0.4 is 11.0 Å². The number of aromatic nitrogens is 3. The molecule has 0 aliphatic rings. The van der Waals surface area contributed by atoms with E-state index in [1.807, 2.05) is 13.1 Å². The normalized spacial score (nSPS) is 12.5. The van der Waals surface area contributed by atoms with Gasteiger partial charge in [-0.15, -0.1) is 5.10 Å². The second-order valence-corrected chi connectivity index (χ2v) is 5.96. The first-order chi connectivity index (χ1) is 10.2. The number of hydrogen-bond donors (Lipinski definition) is 2. The molecule has 0 aliphatic carbocycles. The van der Waals surface area contributed by atoms with Gasteiger partial charge in [-0.1, -0.05) is 43.0 Å². The Morgan fingerprint density at radius 1 is 1.43 bits per heavy atom. The molecule has 6 heteroatoms. The fourth-order valence-electron chi connectivity index (χ4n) is 2.30. The lowest BCUT2D eigenvalue weighted by molar-refractivity contribution is 0.601. The molecule has 1 atom stereocenters. The Kier molecular flexibility index (Phi) is 5.64. The van der Waals surface area contributed by atoms with E-state index in [0.717, 1.165) is 17.3 Å². The van der Waals surface area contributed by atoms with Crippen LogP contribution in [0, 0.1) is 6.92 Å². The number of benzene rings is 1. The van der Waals surface area contributed by atoms with E-state index in [1.165, 1.54) is 11.1 Å². The van der Waals surface area contributed by atoms with Crippen LogP contribution in [-0.4, -0.2) is 27.6 Å². The van der Waals surface area contributed by atoms with E-state index in [9.17, 15) is 4.79 Å². The summed E-state index contributed by atoms with van der Waals surface area (Å²) in [4.78, 5) is 11.7. The molecule has 0 spiro atoms. The van der Waals surface area contributed by atoms with E-state index in [4.69, 9.17) is 0 Å². The number of nitrogens with one attached hydrogen (secondary N) is 2. The maximum absolute atomic E-state index is 11.7. The quantitative estimate of drug-likeness (QED) is 0.771. The molecule has 2 rings (SSSR count). The number of hydrogen-bond acceptors (Lipinski definition) is 4. The summed E-state index contributed by atoms with van der Waals surface area (Å²) in [6.45, 7) is 4.87. The summed E-state index contributed by atoms with van der Waals surface area (Å²) >= 11 is 1.60. The molecular formula is C15H22N4OS. The maximum atomic E-state index is 11.7. The molecular weight excluding hydrogens is 284 g/mol. The SMILES string of the molecule is CCCn1c(SCC(NC)c2ccccc2C)n[nH]c1=O. The Morgan fingerprint density at radius 3 is 2.86 bits per heavy atom. The number of aryl methyl sites for hydroxylation is 1. The van der Waals surface area contributed by atoms with E-state index in [-0.39, 0.29) is 11.7 Å². The first kappa shape index (κ1) is 15.9. The van der Waals surface area contributed by atoms with Crippen LogP contribution in [0.15, 0.2) is 34.2 Å². The highest BCUT2D eigenvalue weighted by atomic mass is 32.2. The second-order valence-electron chi connectivity index (χ2n) is 4.97. The molecule has 0 bridgehead atoms. The molecule has 0 aliphatic heterocycles. The summed E-state index contributed by atoms with van der Waals surface area (Å²) in [5, 5.41) is 10.7. The molecule has 0 saturated carbocycles. The van der Waals surface area contributed by atoms with E-state index >= 15 is 0 Å². The van der Waals surface area contributed by atoms with E-state index in [0.29, 0.717) is 6.54 Å². The second kappa shape index (κ2) is 7.47. The maximum Gasteiger partial charge on any atom is 0.343 e. The molecule has 2 N–H and O–H groups in total. The van der Waals surface area contributed by atoms with Crippen LogP contribution in [0.3, 0.4) is 0 Å². The van der Waals surface area contributed by atoms with Gasteiger partial charge >= 0.3 is 5.69 Å². The van der Waals surface area contributed by atoms with Crippen molar-refractivity contribution < 1.29 is 0 Å². The van der Waals surface area contributed by atoms with Crippen LogP contribution in [0.25, 0.3) is 0 Å². The standard InChI is InChI=1S/C15H22N4OS/c1-4-9-19-14(20)17-18-15(19)21-10-13(16-3)12-8-6-5-7-11(12)2/h5-8,13,16H,4,9-10H2,1-3H3,(H,17,20). The van der Waals surface area contributed by atoms with Gasteiger partial charge in [0.25, 0.3) is 0 Å². The van der Waals surface area contributed by atoms with Crippen LogP contribution in [0.1, 0.15) is 30.5 Å². The van der Waals surface area contributed by atoms with Crippen LogP contribution in [0.5, 0.6) is 0 Å². The molecule has 21 heavy (non-hydrogen) atoms. The predicted molar refractivity (Wildman–Crippen MR) is 86.8 cm³/mol. The summed E-state index contributed by atoms with van der Waals surface area (Å²) in [5.41, 5.74) is 2.43. The lowest BCUT2D eigenvalue weighted by Gasteiger charge is -2.18. The predicted octanol–water partition coefficient (Wildman–Crippen LogP) is 2.34. The minimum Gasteiger partial charge on any atom is -0.312 e. The highest BCUT2D eigenvalue weighted by Gasteiger charge is 2.15. The fourth-order valence-corrected chi connectivity index (χ4v) is 3.40. The van der Waals surface area contributed by atoms with E-state index in [1.54, 1.807) is 16.3 Å². The number of rotatable bonds is 7. The van der Waals surface area contributed by atoms with Crippen LogP contribution >= 0.6 is 11.8 Å².